The van der Waals surface area contributed by atoms with E-state index in [1.807, 2.05) is 4.90 Å². The van der Waals surface area contributed by atoms with E-state index >= 15 is 0 Å². The number of hydrogen-bond acceptors (Lipinski definition) is 3. The first-order valence-electron chi connectivity index (χ1n) is 7.10. The summed E-state index contributed by atoms with van der Waals surface area (Å²) in [5.74, 6) is 5.98. The van der Waals surface area contributed by atoms with Gasteiger partial charge in [0.05, 0.1) is 5.56 Å². The molecular formula is C16H20N2O2. The van der Waals surface area contributed by atoms with Gasteiger partial charge in [-0.05, 0) is 37.3 Å². The molecule has 0 unspecified atom stereocenters. The molecule has 0 aromatic carbocycles. The van der Waals surface area contributed by atoms with E-state index in [1.54, 1.807) is 18.3 Å². The molecule has 106 valence electrons. The van der Waals surface area contributed by atoms with E-state index in [-0.39, 0.29) is 12.5 Å². The standard InChI is InChI=1S/C16H20N2O2/c1-2-10-18(12-13-7-8-13)16(20)15-14(6-4-11-19)5-3-9-17-15/h3,5,9,13,19H,2,7-8,10-12H2,1H3. The molecule has 1 amide bonds. The fourth-order valence-corrected chi connectivity index (χ4v) is 2.12. The number of pyridine rings is 1. The molecule has 1 aromatic heterocycles. The van der Waals surface area contributed by atoms with Crippen molar-refractivity contribution in [2.45, 2.75) is 26.2 Å². The number of hydrogen-bond donors (Lipinski definition) is 1. The quantitative estimate of drug-likeness (QED) is 0.830. The Bertz CT molecular complexity index is 527. The van der Waals surface area contributed by atoms with Gasteiger partial charge in [-0.25, -0.2) is 4.98 Å². The van der Waals surface area contributed by atoms with Crippen LogP contribution in [0.5, 0.6) is 0 Å². The SMILES string of the molecule is CCCN(CC1CC1)C(=O)c1ncccc1C#CCO. The zero-order chi connectivity index (χ0) is 14.4. The minimum Gasteiger partial charge on any atom is -0.384 e. The molecule has 1 aliphatic rings. The Hall–Kier alpha value is -1.86. The predicted octanol–water partition coefficient (Wildman–Crippen LogP) is 1.69. The lowest BCUT2D eigenvalue weighted by molar-refractivity contribution is 0.0741. The first-order chi connectivity index (χ1) is 9.76. The Morgan fingerprint density at radius 1 is 1.55 bits per heavy atom. The van der Waals surface area contributed by atoms with Crippen LogP contribution in [0.25, 0.3) is 0 Å². The van der Waals surface area contributed by atoms with Gasteiger partial charge in [-0.2, -0.15) is 0 Å². The minimum atomic E-state index is -0.219. The zero-order valence-electron chi connectivity index (χ0n) is 11.8. The van der Waals surface area contributed by atoms with Crippen molar-refractivity contribution in [3.8, 4) is 11.8 Å². The summed E-state index contributed by atoms with van der Waals surface area (Å²) in [6.45, 7) is 3.41. The summed E-state index contributed by atoms with van der Waals surface area (Å²) < 4.78 is 0. The molecule has 0 aliphatic heterocycles. The van der Waals surface area contributed by atoms with Crippen LogP contribution in [0, 0.1) is 17.8 Å². The molecule has 4 nitrogen and oxygen atoms in total. The van der Waals surface area contributed by atoms with Gasteiger partial charge in [0.15, 0.2) is 0 Å². The number of aromatic nitrogens is 1. The number of aliphatic hydroxyl groups is 1. The zero-order valence-corrected chi connectivity index (χ0v) is 11.8. The third-order valence-corrected chi connectivity index (χ3v) is 3.27. The van der Waals surface area contributed by atoms with Crippen molar-refractivity contribution in [1.29, 1.82) is 0 Å². The van der Waals surface area contributed by atoms with E-state index in [9.17, 15) is 4.79 Å². The van der Waals surface area contributed by atoms with Crippen molar-refractivity contribution in [3.05, 3.63) is 29.6 Å². The maximum Gasteiger partial charge on any atom is 0.273 e. The van der Waals surface area contributed by atoms with E-state index in [0.29, 0.717) is 17.2 Å². The average Bonchev–Trinajstić information content (AvgIpc) is 3.28. The second kappa shape index (κ2) is 7.06. The van der Waals surface area contributed by atoms with Gasteiger partial charge < -0.3 is 10.0 Å². The number of carbonyl (C=O) groups excluding carboxylic acids is 1. The average molecular weight is 272 g/mol. The van der Waals surface area contributed by atoms with Crippen molar-refractivity contribution >= 4 is 5.91 Å². The van der Waals surface area contributed by atoms with Crippen molar-refractivity contribution in [2.75, 3.05) is 19.7 Å². The second-order valence-corrected chi connectivity index (χ2v) is 5.05. The van der Waals surface area contributed by atoms with Crippen LogP contribution in [0.4, 0.5) is 0 Å². The van der Waals surface area contributed by atoms with Crippen LogP contribution in [-0.4, -0.2) is 40.6 Å². The van der Waals surface area contributed by atoms with Crippen molar-refractivity contribution < 1.29 is 9.90 Å². The van der Waals surface area contributed by atoms with Gasteiger partial charge in [-0.1, -0.05) is 18.8 Å². The normalized spacial score (nSPS) is 13.5. The summed E-state index contributed by atoms with van der Waals surface area (Å²) >= 11 is 0. The molecule has 0 saturated heterocycles. The Kier molecular flexibility index (Phi) is 5.14. The Balaban J connectivity index is 2.20. The Labute approximate surface area is 119 Å². The molecule has 1 saturated carbocycles. The highest BCUT2D eigenvalue weighted by molar-refractivity contribution is 5.94. The van der Waals surface area contributed by atoms with Crippen molar-refractivity contribution in [1.82, 2.24) is 9.88 Å². The molecule has 0 bridgehead atoms. The molecule has 0 spiro atoms. The highest BCUT2D eigenvalue weighted by atomic mass is 16.2. The smallest absolute Gasteiger partial charge is 0.273 e. The van der Waals surface area contributed by atoms with Crippen LogP contribution >= 0.6 is 0 Å². The Morgan fingerprint density at radius 2 is 2.35 bits per heavy atom. The Morgan fingerprint density at radius 3 is 3.00 bits per heavy atom. The highest BCUT2D eigenvalue weighted by Crippen LogP contribution is 2.30. The van der Waals surface area contributed by atoms with E-state index in [2.05, 4.69) is 23.7 Å². The monoisotopic (exact) mass is 272 g/mol. The minimum absolute atomic E-state index is 0.0541. The van der Waals surface area contributed by atoms with Gasteiger partial charge in [0.25, 0.3) is 5.91 Å². The molecular weight excluding hydrogens is 252 g/mol. The lowest BCUT2D eigenvalue weighted by Crippen LogP contribution is -2.34. The van der Waals surface area contributed by atoms with Crippen molar-refractivity contribution in [3.63, 3.8) is 0 Å². The van der Waals surface area contributed by atoms with Crippen LogP contribution in [0.1, 0.15) is 42.2 Å². The van der Waals surface area contributed by atoms with Gasteiger partial charge in [-0.3, -0.25) is 4.79 Å². The number of carbonyl (C=O) groups is 1. The summed E-state index contributed by atoms with van der Waals surface area (Å²) in [6.07, 6.45) is 4.97. The fourth-order valence-electron chi connectivity index (χ4n) is 2.12. The number of aliphatic hydroxyl groups excluding tert-OH is 1. The van der Waals surface area contributed by atoms with Crippen LogP contribution in [0.15, 0.2) is 18.3 Å². The summed E-state index contributed by atoms with van der Waals surface area (Å²) in [6, 6.07) is 3.52. The molecule has 1 heterocycles. The first-order valence-corrected chi connectivity index (χ1v) is 7.10. The van der Waals surface area contributed by atoms with E-state index in [0.717, 1.165) is 19.5 Å². The van der Waals surface area contributed by atoms with Crippen LogP contribution in [0.3, 0.4) is 0 Å². The highest BCUT2D eigenvalue weighted by Gasteiger charge is 2.28. The van der Waals surface area contributed by atoms with Gasteiger partial charge >= 0.3 is 0 Å². The fraction of sp³-hybridized carbons (Fsp3) is 0.500. The number of nitrogens with zero attached hydrogens (tertiary/aromatic N) is 2. The predicted molar refractivity (Wildman–Crippen MR) is 77.1 cm³/mol. The number of amides is 1. The first kappa shape index (κ1) is 14.5. The second-order valence-electron chi connectivity index (χ2n) is 5.05. The molecule has 2 rings (SSSR count). The molecule has 1 N–H and O–H groups in total. The number of rotatable bonds is 5. The topological polar surface area (TPSA) is 53.4 Å². The molecule has 20 heavy (non-hydrogen) atoms. The largest absolute Gasteiger partial charge is 0.384 e. The molecule has 1 aromatic rings. The molecule has 4 heteroatoms. The summed E-state index contributed by atoms with van der Waals surface area (Å²) in [5.41, 5.74) is 0.978. The summed E-state index contributed by atoms with van der Waals surface area (Å²) in [7, 11) is 0. The van der Waals surface area contributed by atoms with Crippen LogP contribution in [-0.2, 0) is 0 Å². The van der Waals surface area contributed by atoms with E-state index in [4.69, 9.17) is 5.11 Å². The lowest BCUT2D eigenvalue weighted by atomic mass is 10.1. The van der Waals surface area contributed by atoms with Crippen LogP contribution in [0.2, 0.25) is 0 Å². The molecule has 1 fully saturated rings. The van der Waals surface area contributed by atoms with Crippen LogP contribution < -0.4 is 0 Å². The molecule has 0 radical (unpaired) electrons. The van der Waals surface area contributed by atoms with Gasteiger partial charge in [-0.15, -0.1) is 0 Å². The maximum atomic E-state index is 12.6. The maximum absolute atomic E-state index is 12.6. The van der Waals surface area contributed by atoms with Crippen molar-refractivity contribution in [2.24, 2.45) is 5.92 Å². The molecule has 0 atom stereocenters. The third-order valence-electron chi connectivity index (χ3n) is 3.27. The lowest BCUT2D eigenvalue weighted by Gasteiger charge is -2.22. The summed E-state index contributed by atoms with van der Waals surface area (Å²) in [5, 5.41) is 8.79. The molecule has 1 aliphatic carbocycles. The van der Waals surface area contributed by atoms with Gasteiger partial charge in [0.2, 0.25) is 0 Å². The summed E-state index contributed by atoms with van der Waals surface area (Å²) in [4.78, 5) is 18.7. The third kappa shape index (κ3) is 3.82. The van der Waals surface area contributed by atoms with E-state index < -0.39 is 0 Å². The van der Waals surface area contributed by atoms with E-state index in [1.165, 1.54) is 12.8 Å². The van der Waals surface area contributed by atoms with Gasteiger partial charge in [0, 0.05) is 19.3 Å². The van der Waals surface area contributed by atoms with Gasteiger partial charge in [0.1, 0.15) is 12.3 Å².